The lowest BCUT2D eigenvalue weighted by Crippen LogP contribution is -2.39. The molecule has 0 radical (unpaired) electrons. The van der Waals surface area contributed by atoms with E-state index < -0.39 is 0 Å². The zero-order chi connectivity index (χ0) is 15.7. The Morgan fingerprint density at radius 3 is 2.81 bits per heavy atom. The number of hydrogen-bond acceptors (Lipinski definition) is 4. The highest BCUT2D eigenvalue weighted by Gasteiger charge is 2.09. The second-order valence-corrected chi connectivity index (χ2v) is 4.64. The number of amides is 2. The Labute approximate surface area is 124 Å². The van der Waals surface area contributed by atoms with Crippen molar-refractivity contribution < 1.29 is 14.7 Å². The Hall–Kier alpha value is -2.39. The molecule has 1 rings (SSSR count). The van der Waals surface area contributed by atoms with Crippen molar-refractivity contribution in [3.05, 3.63) is 29.6 Å². The summed E-state index contributed by atoms with van der Waals surface area (Å²) in [4.78, 5) is 27.3. The van der Waals surface area contributed by atoms with E-state index in [1.54, 1.807) is 6.07 Å². The van der Waals surface area contributed by atoms with Crippen molar-refractivity contribution in [3.8, 4) is 11.8 Å². The van der Waals surface area contributed by atoms with Crippen molar-refractivity contribution in [2.24, 2.45) is 0 Å². The van der Waals surface area contributed by atoms with Gasteiger partial charge in [0.2, 0.25) is 5.91 Å². The molecule has 6 heteroatoms. The fraction of sp³-hybridized carbons (Fsp3) is 0.400. The van der Waals surface area contributed by atoms with Gasteiger partial charge in [0, 0.05) is 30.4 Å². The van der Waals surface area contributed by atoms with E-state index in [2.05, 4.69) is 27.5 Å². The molecule has 0 saturated heterocycles. The summed E-state index contributed by atoms with van der Waals surface area (Å²) >= 11 is 0. The minimum Gasteiger partial charge on any atom is -0.395 e. The van der Waals surface area contributed by atoms with Crippen molar-refractivity contribution in [1.82, 2.24) is 15.6 Å². The molecule has 0 aliphatic rings. The average Bonchev–Trinajstić information content (AvgIpc) is 2.44. The first-order valence-corrected chi connectivity index (χ1v) is 6.65. The lowest BCUT2D eigenvalue weighted by molar-refractivity contribution is -0.120. The summed E-state index contributed by atoms with van der Waals surface area (Å²) in [6.07, 6.45) is 3.31. The van der Waals surface area contributed by atoms with Gasteiger partial charge in [0.15, 0.2) is 0 Å². The van der Waals surface area contributed by atoms with Gasteiger partial charge in [-0.25, -0.2) is 0 Å². The average molecular weight is 289 g/mol. The molecular weight excluding hydrogens is 270 g/mol. The highest BCUT2D eigenvalue weighted by Crippen LogP contribution is 2.01. The van der Waals surface area contributed by atoms with Crippen LogP contribution in [0.15, 0.2) is 18.5 Å². The summed E-state index contributed by atoms with van der Waals surface area (Å²) in [6, 6.07) is 1.62. The number of aliphatic hydroxyl groups excluding tert-OH is 1. The summed E-state index contributed by atoms with van der Waals surface area (Å²) in [7, 11) is 0. The standard InChI is InChI=1S/C15H19N3O3/c1-11(2)18-14(20)10-17-15(21)13-7-12(8-16-9-13)5-3-4-6-19/h7-9,11,19H,4,6,10H2,1-2H3,(H,17,21)(H,18,20). The molecule has 0 spiro atoms. The van der Waals surface area contributed by atoms with E-state index in [0.29, 0.717) is 17.5 Å². The zero-order valence-corrected chi connectivity index (χ0v) is 12.1. The summed E-state index contributed by atoms with van der Waals surface area (Å²) < 4.78 is 0. The number of aromatic nitrogens is 1. The Morgan fingerprint density at radius 2 is 2.14 bits per heavy atom. The van der Waals surface area contributed by atoms with Gasteiger partial charge >= 0.3 is 0 Å². The Balaban J connectivity index is 2.61. The fourth-order valence-corrected chi connectivity index (χ4v) is 1.49. The highest BCUT2D eigenvalue weighted by molar-refractivity contribution is 5.96. The number of hydrogen-bond donors (Lipinski definition) is 3. The van der Waals surface area contributed by atoms with Crippen LogP contribution in [0, 0.1) is 11.8 Å². The molecule has 6 nitrogen and oxygen atoms in total. The third kappa shape index (κ3) is 6.54. The van der Waals surface area contributed by atoms with Crippen LogP contribution in [0.4, 0.5) is 0 Å². The molecule has 0 atom stereocenters. The summed E-state index contributed by atoms with van der Waals surface area (Å²) in [6.45, 7) is 3.60. The van der Waals surface area contributed by atoms with Crippen LogP contribution in [-0.4, -0.2) is 41.1 Å². The number of nitrogens with one attached hydrogen (secondary N) is 2. The van der Waals surface area contributed by atoms with Crippen LogP contribution in [0.2, 0.25) is 0 Å². The van der Waals surface area contributed by atoms with E-state index in [0.717, 1.165) is 0 Å². The number of carbonyl (C=O) groups is 2. The fourth-order valence-electron chi connectivity index (χ4n) is 1.49. The van der Waals surface area contributed by atoms with E-state index in [1.807, 2.05) is 13.8 Å². The van der Waals surface area contributed by atoms with E-state index in [9.17, 15) is 9.59 Å². The van der Waals surface area contributed by atoms with Gasteiger partial charge in [-0.15, -0.1) is 0 Å². The molecule has 0 aliphatic carbocycles. The molecule has 0 fully saturated rings. The monoisotopic (exact) mass is 289 g/mol. The zero-order valence-electron chi connectivity index (χ0n) is 12.1. The normalized spacial score (nSPS) is 9.71. The summed E-state index contributed by atoms with van der Waals surface area (Å²) in [5.74, 6) is 4.93. The Bertz CT molecular complexity index is 559. The molecule has 3 N–H and O–H groups in total. The Morgan fingerprint density at radius 1 is 1.38 bits per heavy atom. The molecule has 112 valence electrons. The predicted molar refractivity (Wildman–Crippen MR) is 78.4 cm³/mol. The number of carbonyl (C=O) groups excluding carboxylic acids is 2. The molecule has 0 aliphatic heterocycles. The van der Waals surface area contributed by atoms with Crippen LogP contribution in [-0.2, 0) is 4.79 Å². The molecule has 21 heavy (non-hydrogen) atoms. The first kappa shape index (κ1) is 16.7. The van der Waals surface area contributed by atoms with Crippen molar-refractivity contribution >= 4 is 11.8 Å². The van der Waals surface area contributed by atoms with E-state index in [1.165, 1.54) is 12.4 Å². The minimum atomic E-state index is -0.382. The van der Waals surface area contributed by atoms with Crippen LogP contribution >= 0.6 is 0 Å². The number of pyridine rings is 1. The minimum absolute atomic E-state index is 0.00836. The molecule has 1 aromatic rings. The quantitative estimate of drug-likeness (QED) is 0.669. The van der Waals surface area contributed by atoms with Crippen LogP contribution in [0.5, 0.6) is 0 Å². The second kappa shape index (κ2) is 8.72. The molecule has 0 bridgehead atoms. The number of rotatable bonds is 5. The van der Waals surface area contributed by atoms with Crippen molar-refractivity contribution in [2.75, 3.05) is 13.2 Å². The molecular formula is C15H19N3O3. The molecule has 0 unspecified atom stereocenters. The molecule has 1 heterocycles. The lowest BCUT2D eigenvalue weighted by atomic mass is 10.2. The first-order chi connectivity index (χ1) is 10.0. The smallest absolute Gasteiger partial charge is 0.253 e. The van der Waals surface area contributed by atoms with Crippen LogP contribution < -0.4 is 10.6 Å². The van der Waals surface area contributed by atoms with Crippen molar-refractivity contribution in [3.63, 3.8) is 0 Å². The topological polar surface area (TPSA) is 91.3 Å². The number of nitrogens with zero attached hydrogens (tertiary/aromatic N) is 1. The van der Waals surface area contributed by atoms with Gasteiger partial charge in [-0.2, -0.15) is 0 Å². The van der Waals surface area contributed by atoms with Gasteiger partial charge in [-0.1, -0.05) is 11.8 Å². The van der Waals surface area contributed by atoms with Gasteiger partial charge in [-0.05, 0) is 19.9 Å². The van der Waals surface area contributed by atoms with Crippen molar-refractivity contribution in [2.45, 2.75) is 26.3 Å². The molecule has 1 aromatic heterocycles. The van der Waals surface area contributed by atoms with Gasteiger partial charge in [0.05, 0.1) is 18.7 Å². The summed E-state index contributed by atoms with van der Waals surface area (Å²) in [5, 5.41) is 13.9. The SMILES string of the molecule is CC(C)NC(=O)CNC(=O)c1cncc(C#CCCO)c1. The number of aliphatic hydroxyl groups is 1. The molecule has 2 amide bonds. The maximum absolute atomic E-state index is 11.9. The predicted octanol–water partition coefficient (Wildman–Crippen LogP) is 0.0699. The van der Waals surface area contributed by atoms with Crippen molar-refractivity contribution in [1.29, 1.82) is 0 Å². The lowest BCUT2D eigenvalue weighted by Gasteiger charge is -2.09. The van der Waals surface area contributed by atoms with Gasteiger partial charge in [0.1, 0.15) is 0 Å². The second-order valence-electron chi connectivity index (χ2n) is 4.64. The van der Waals surface area contributed by atoms with Gasteiger partial charge in [-0.3, -0.25) is 14.6 Å². The van der Waals surface area contributed by atoms with Gasteiger partial charge in [0.25, 0.3) is 5.91 Å². The van der Waals surface area contributed by atoms with Crippen LogP contribution in [0.25, 0.3) is 0 Å². The third-order valence-corrected chi connectivity index (χ3v) is 2.33. The first-order valence-electron chi connectivity index (χ1n) is 6.65. The largest absolute Gasteiger partial charge is 0.395 e. The Kier molecular flexibility index (Phi) is 6.92. The molecule has 0 saturated carbocycles. The van der Waals surface area contributed by atoms with Crippen LogP contribution in [0.1, 0.15) is 36.2 Å². The van der Waals surface area contributed by atoms with Crippen LogP contribution in [0.3, 0.4) is 0 Å². The highest BCUT2D eigenvalue weighted by atomic mass is 16.2. The van der Waals surface area contributed by atoms with E-state index >= 15 is 0 Å². The van der Waals surface area contributed by atoms with E-state index in [4.69, 9.17) is 5.11 Å². The summed E-state index contributed by atoms with van der Waals surface area (Å²) in [5.41, 5.74) is 0.922. The third-order valence-electron chi connectivity index (χ3n) is 2.33. The maximum atomic E-state index is 11.9. The molecule has 0 aromatic carbocycles. The maximum Gasteiger partial charge on any atom is 0.253 e. The van der Waals surface area contributed by atoms with E-state index in [-0.39, 0.29) is 31.0 Å². The van der Waals surface area contributed by atoms with Gasteiger partial charge < -0.3 is 15.7 Å².